The summed E-state index contributed by atoms with van der Waals surface area (Å²) < 4.78 is 5.04. The van der Waals surface area contributed by atoms with Crippen LogP contribution in [0, 0.1) is 11.3 Å². The number of nitriles is 1. The van der Waals surface area contributed by atoms with Crippen molar-refractivity contribution in [2.24, 2.45) is 0 Å². The molecule has 0 rings (SSSR count). The highest BCUT2D eigenvalue weighted by atomic mass is 16.5. The van der Waals surface area contributed by atoms with Crippen LogP contribution < -0.4 is 0 Å². The molecule has 3 nitrogen and oxygen atoms in total. The Kier molecular flexibility index (Phi) is 8.46. The predicted molar refractivity (Wildman–Crippen MR) is 59.1 cm³/mol. The molecule has 0 spiro atoms. The fraction of sp³-hybridized carbons (Fsp3) is 0.667. The highest BCUT2D eigenvalue weighted by Gasteiger charge is 2.07. The summed E-state index contributed by atoms with van der Waals surface area (Å²) in [6.45, 7) is 4.43. The fourth-order valence-corrected chi connectivity index (χ4v) is 1.17. The third-order valence-corrected chi connectivity index (χ3v) is 2.11. The maximum atomic E-state index is 11.4. The van der Waals surface area contributed by atoms with Crippen LogP contribution in [-0.4, -0.2) is 12.6 Å². The molecule has 15 heavy (non-hydrogen) atoms. The lowest BCUT2D eigenvalue weighted by atomic mass is 10.2. The molecular weight excluding hydrogens is 190 g/mol. The van der Waals surface area contributed by atoms with Gasteiger partial charge >= 0.3 is 5.97 Å². The van der Waals surface area contributed by atoms with E-state index in [2.05, 4.69) is 6.92 Å². The molecule has 0 aromatic rings. The molecule has 0 aliphatic carbocycles. The van der Waals surface area contributed by atoms with E-state index in [0.29, 0.717) is 18.6 Å². The van der Waals surface area contributed by atoms with Gasteiger partial charge in [0.15, 0.2) is 0 Å². The molecule has 0 saturated heterocycles. The lowest BCUT2D eigenvalue weighted by Crippen LogP contribution is -2.08. The summed E-state index contributed by atoms with van der Waals surface area (Å²) in [6, 6.07) is 1.85. The Balaban J connectivity index is 3.74. The van der Waals surface area contributed by atoms with E-state index in [9.17, 15) is 4.79 Å². The molecule has 0 atom stereocenters. The minimum absolute atomic E-state index is 0.351. The van der Waals surface area contributed by atoms with Crippen LogP contribution in [0.3, 0.4) is 0 Å². The molecule has 0 aliphatic rings. The molecule has 0 unspecified atom stereocenters. The number of ether oxygens (including phenoxy) is 1. The fourth-order valence-electron chi connectivity index (χ4n) is 1.17. The second kappa shape index (κ2) is 9.26. The molecule has 0 saturated carbocycles. The maximum absolute atomic E-state index is 11.4. The third kappa shape index (κ3) is 6.73. The number of allylic oxidation sites excluding steroid dienone is 1. The van der Waals surface area contributed by atoms with E-state index in [-0.39, 0.29) is 5.97 Å². The number of unbranched alkanes of at least 4 members (excludes halogenated alkanes) is 3. The molecule has 0 amide bonds. The summed E-state index contributed by atoms with van der Waals surface area (Å²) in [5.41, 5.74) is 0.452. The van der Waals surface area contributed by atoms with Gasteiger partial charge in [-0.05, 0) is 12.8 Å². The third-order valence-electron chi connectivity index (χ3n) is 2.11. The number of hydrogen-bond donors (Lipinski definition) is 0. The van der Waals surface area contributed by atoms with Crippen molar-refractivity contribution < 1.29 is 9.53 Å². The Morgan fingerprint density at radius 3 is 2.60 bits per heavy atom. The summed E-state index contributed by atoms with van der Waals surface area (Å²) in [7, 11) is 0. The van der Waals surface area contributed by atoms with Crippen LogP contribution in [0.5, 0.6) is 0 Å². The number of nitrogens with zero attached hydrogens (tertiary/aromatic N) is 1. The lowest BCUT2D eigenvalue weighted by molar-refractivity contribution is -0.139. The van der Waals surface area contributed by atoms with Crippen molar-refractivity contribution in [1.29, 1.82) is 5.26 Å². The molecule has 84 valence electrons. The molecule has 0 fully saturated rings. The first kappa shape index (κ1) is 13.7. The topological polar surface area (TPSA) is 50.1 Å². The van der Waals surface area contributed by atoms with Gasteiger partial charge in [0.25, 0.3) is 0 Å². The van der Waals surface area contributed by atoms with Gasteiger partial charge in [0.1, 0.15) is 0 Å². The largest absolute Gasteiger partial charge is 0.462 e. The molecule has 0 bridgehead atoms. The van der Waals surface area contributed by atoms with E-state index in [0.717, 1.165) is 12.8 Å². The monoisotopic (exact) mass is 209 g/mol. The Morgan fingerprint density at radius 2 is 2.07 bits per heavy atom. The minimum atomic E-state index is -0.351. The molecule has 0 aliphatic heterocycles. The summed E-state index contributed by atoms with van der Waals surface area (Å²) in [6.07, 6.45) is 6.14. The van der Waals surface area contributed by atoms with E-state index in [4.69, 9.17) is 10.00 Å². The van der Waals surface area contributed by atoms with Crippen molar-refractivity contribution in [2.45, 2.75) is 46.0 Å². The van der Waals surface area contributed by atoms with Crippen LogP contribution >= 0.6 is 0 Å². The first-order valence-electron chi connectivity index (χ1n) is 5.52. The molecule has 0 N–H and O–H groups in total. The standard InChI is InChI=1S/C12H19NO2/c1-3-5-6-7-10-15-12(14)11(4-2)8-9-13/h8H,3-7,10H2,1-2H3. The number of hydrogen-bond acceptors (Lipinski definition) is 3. The highest BCUT2D eigenvalue weighted by Crippen LogP contribution is 2.05. The number of esters is 1. The zero-order valence-electron chi connectivity index (χ0n) is 9.58. The van der Waals surface area contributed by atoms with Gasteiger partial charge < -0.3 is 4.74 Å². The Bertz CT molecular complexity index is 251. The van der Waals surface area contributed by atoms with Gasteiger partial charge in [0, 0.05) is 11.6 Å². The Morgan fingerprint density at radius 1 is 1.33 bits per heavy atom. The maximum Gasteiger partial charge on any atom is 0.334 e. The zero-order valence-corrected chi connectivity index (χ0v) is 9.58. The van der Waals surface area contributed by atoms with Crippen LogP contribution in [-0.2, 0) is 9.53 Å². The zero-order chi connectivity index (χ0) is 11.5. The smallest absolute Gasteiger partial charge is 0.334 e. The minimum Gasteiger partial charge on any atom is -0.462 e. The second-order valence-electron chi connectivity index (χ2n) is 3.35. The van der Waals surface area contributed by atoms with E-state index in [1.807, 2.05) is 13.0 Å². The van der Waals surface area contributed by atoms with E-state index in [1.165, 1.54) is 18.9 Å². The van der Waals surface area contributed by atoms with E-state index >= 15 is 0 Å². The van der Waals surface area contributed by atoms with E-state index < -0.39 is 0 Å². The highest BCUT2D eigenvalue weighted by molar-refractivity contribution is 5.88. The predicted octanol–water partition coefficient (Wildman–Crippen LogP) is 2.97. The Labute approximate surface area is 91.7 Å². The van der Waals surface area contributed by atoms with Gasteiger partial charge in [-0.25, -0.2) is 4.79 Å². The SMILES string of the molecule is CCCCCCOC(=O)C(=CC#N)CC. The van der Waals surface area contributed by atoms with Gasteiger partial charge in [0.05, 0.1) is 12.7 Å². The quantitative estimate of drug-likeness (QED) is 0.280. The van der Waals surface area contributed by atoms with Crippen molar-refractivity contribution in [3.05, 3.63) is 11.6 Å². The van der Waals surface area contributed by atoms with Gasteiger partial charge in [-0.2, -0.15) is 5.26 Å². The summed E-state index contributed by atoms with van der Waals surface area (Å²) in [5.74, 6) is -0.351. The van der Waals surface area contributed by atoms with Crippen LogP contribution in [0.1, 0.15) is 46.0 Å². The lowest BCUT2D eigenvalue weighted by Gasteiger charge is -2.05. The van der Waals surface area contributed by atoms with Crippen molar-refractivity contribution in [2.75, 3.05) is 6.61 Å². The number of carbonyl (C=O) groups is 1. The molecule has 3 heteroatoms. The molecule has 0 radical (unpaired) electrons. The molecule has 0 aromatic heterocycles. The van der Waals surface area contributed by atoms with Crippen LogP contribution in [0.15, 0.2) is 11.6 Å². The summed E-state index contributed by atoms with van der Waals surface area (Å²) in [5, 5.41) is 8.42. The van der Waals surface area contributed by atoms with Crippen LogP contribution in [0.25, 0.3) is 0 Å². The van der Waals surface area contributed by atoms with Crippen molar-refractivity contribution in [1.82, 2.24) is 0 Å². The van der Waals surface area contributed by atoms with E-state index in [1.54, 1.807) is 0 Å². The van der Waals surface area contributed by atoms with Gasteiger partial charge in [-0.3, -0.25) is 0 Å². The second-order valence-corrected chi connectivity index (χ2v) is 3.35. The van der Waals surface area contributed by atoms with Gasteiger partial charge in [-0.1, -0.05) is 33.1 Å². The molecule has 0 aromatic carbocycles. The molecular formula is C12H19NO2. The van der Waals surface area contributed by atoms with Crippen molar-refractivity contribution in [3.63, 3.8) is 0 Å². The first-order chi connectivity index (χ1) is 7.26. The number of rotatable bonds is 7. The number of carbonyl (C=O) groups excluding carboxylic acids is 1. The molecule has 0 heterocycles. The van der Waals surface area contributed by atoms with Crippen molar-refractivity contribution >= 4 is 5.97 Å². The van der Waals surface area contributed by atoms with Crippen LogP contribution in [0.2, 0.25) is 0 Å². The summed E-state index contributed by atoms with van der Waals surface area (Å²) in [4.78, 5) is 11.4. The van der Waals surface area contributed by atoms with Gasteiger partial charge in [0.2, 0.25) is 0 Å². The summed E-state index contributed by atoms with van der Waals surface area (Å²) >= 11 is 0. The average molecular weight is 209 g/mol. The normalized spacial score (nSPS) is 10.9. The first-order valence-corrected chi connectivity index (χ1v) is 5.52. The van der Waals surface area contributed by atoms with Crippen molar-refractivity contribution in [3.8, 4) is 6.07 Å². The van der Waals surface area contributed by atoms with Gasteiger partial charge in [-0.15, -0.1) is 0 Å². The van der Waals surface area contributed by atoms with Crippen LogP contribution in [0.4, 0.5) is 0 Å². The average Bonchev–Trinajstić information content (AvgIpc) is 2.25. The Hall–Kier alpha value is -1.30.